The van der Waals surface area contributed by atoms with Crippen LogP contribution in [0.1, 0.15) is 17.8 Å². The van der Waals surface area contributed by atoms with Crippen molar-refractivity contribution >= 4 is 29.0 Å². The summed E-state index contributed by atoms with van der Waals surface area (Å²) in [5, 5.41) is 13.3. The van der Waals surface area contributed by atoms with Crippen LogP contribution in [0.5, 0.6) is 11.5 Å². The zero-order valence-electron chi connectivity index (χ0n) is 15.1. The summed E-state index contributed by atoms with van der Waals surface area (Å²) in [7, 11) is 3.15. The van der Waals surface area contributed by atoms with Gasteiger partial charge in [0, 0.05) is 16.5 Å². The van der Waals surface area contributed by atoms with Crippen molar-refractivity contribution in [2.24, 2.45) is 0 Å². The van der Waals surface area contributed by atoms with Crippen LogP contribution in [0.2, 0.25) is 0 Å². The van der Waals surface area contributed by atoms with Gasteiger partial charge in [0.05, 0.1) is 26.0 Å². The molecule has 142 valence electrons. The van der Waals surface area contributed by atoms with E-state index in [1.165, 1.54) is 11.8 Å². The van der Waals surface area contributed by atoms with Gasteiger partial charge in [-0.05, 0) is 30.5 Å². The van der Waals surface area contributed by atoms with Gasteiger partial charge < -0.3 is 19.2 Å². The van der Waals surface area contributed by atoms with Gasteiger partial charge in [-0.25, -0.2) is 0 Å². The predicted molar refractivity (Wildman–Crippen MR) is 104 cm³/mol. The minimum Gasteiger partial charge on any atom is -0.497 e. The molecule has 7 nitrogen and oxygen atoms in total. The normalized spacial score (nSPS) is 11.8. The number of ether oxygens (including phenoxy) is 2. The number of rotatable bonds is 8. The molecule has 0 unspecified atom stereocenters. The van der Waals surface area contributed by atoms with Crippen LogP contribution in [-0.2, 0) is 4.79 Å². The topological polar surface area (TPSA) is 86.5 Å². The molecule has 1 atom stereocenters. The second-order valence-electron chi connectivity index (χ2n) is 5.57. The molecule has 2 aromatic heterocycles. The molecule has 0 bridgehead atoms. The zero-order valence-corrected chi connectivity index (χ0v) is 16.7. The van der Waals surface area contributed by atoms with Crippen molar-refractivity contribution in [3.8, 4) is 23.0 Å². The molecule has 0 aliphatic rings. The number of benzene rings is 1. The van der Waals surface area contributed by atoms with Crippen molar-refractivity contribution in [1.82, 2.24) is 15.5 Å². The molecule has 0 radical (unpaired) electrons. The highest BCUT2D eigenvalue weighted by Gasteiger charge is 2.15. The molecular weight excluding hydrogens is 386 g/mol. The average molecular weight is 406 g/mol. The molecule has 0 saturated carbocycles. The fraction of sp³-hybridized carbons (Fsp3) is 0.278. The van der Waals surface area contributed by atoms with E-state index in [2.05, 4.69) is 15.5 Å². The third-order valence-electron chi connectivity index (χ3n) is 3.68. The standard InChI is InChI=1S/C18H19N3O4S2/c1-11(15-5-4-6-26-15)19-16(22)10-27-18-21-20-17(25-18)12-7-13(23-2)9-14(8-12)24-3/h4-9,11H,10H2,1-3H3,(H,19,22)/t11-/m0/s1. The molecule has 3 aromatic rings. The summed E-state index contributed by atoms with van der Waals surface area (Å²) >= 11 is 2.80. The van der Waals surface area contributed by atoms with Crippen molar-refractivity contribution in [2.45, 2.75) is 18.2 Å². The van der Waals surface area contributed by atoms with E-state index in [-0.39, 0.29) is 17.7 Å². The maximum absolute atomic E-state index is 12.1. The minimum absolute atomic E-state index is 0.0272. The number of amides is 1. The summed E-state index contributed by atoms with van der Waals surface area (Å²) < 4.78 is 16.1. The van der Waals surface area contributed by atoms with Crippen LogP contribution in [0.15, 0.2) is 45.4 Å². The lowest BCUT2D eigenvalue weighted by Gasteiger charge is -2.11. The third kappa shape index (κ3) is 5.01. The van der Waals surface area contributed by atoms with Gasteiger partial charge in [-0.2, -0.15) is 0 Å². The van der Waals surface area contributed by atoms with Gasteiger partial charge in [0.1, 0.15) is 11.5 Å². The summed E-state index contributed by atoms with van der Waals surface area (Å²) in [6.07, 6.45) is 0. The van der Waals surface area contributed by atoms with Crippen molar-refractivity contribution in [2.75, 3.05) is 20.0 Å². The van der Waals surface area contributed by atoms with Crippen LogP contribution in [-0.4, -0.2) is 36.1 Å². The van der Waals surface area contributed by atoms with Gasteiger partial charge in [0.25, 0.3) is 5.22 Å². The van der Waals surface area contributed by atoms with E-state index < -0.39 is 0 Å². The number of carbonyl (C=O) groups is 1. The van der Waals surface area contributed by atoms with E-state index in [9.17, 15) is 4.79 Å². The quantitative estimate of drug-likeness (QED) is 0.571. The molecule has 0 fully saturated rings. The number of aromatic nitrogens is 2. The van der Waals surface area contributed by atoms with Gasteiger partial charge >= 0.3 is 0 Å². The van der Waals surface area contributed by atoms with Gasteiger partial charge in [-0.15, -0.1) is 21.5 Å². The number of nitrogens with one attached hydrogen (secondary N) is 1. The summed E-state index contributed by atoms with van der Waals surface area (Å²) in [5.74, 6) is 1.68. The van der Waals surface area contributed by atoms with Gasteiger partial charge in [0.15, 0.2) is 0 Å². The molecule has 0 spiro atoms. The summed E-state index contributed by atoms with van der Waals surface area (Å²) in [6, 6.07) is 9.25. The Kier molecular flexibility index (Phi) is 6.36. The number of thioether (sulfide) groups is 1. The van der Waals surface area contributed by atoms with E-state index in [0.717, 1.165) is 4.88 Å². The van der Waals surface area contributed by atoms with Crippen LogP contribution in [0.25, 0.3) is 11.5 Å². The molecule has 0 aliphatic carbocycles. The molecule has 3 rings (SSSR count). The van der Waals surface area contributed by atoms with Gasteiger partial charge in [-0.1, -0.05) is 17.8 Å². The fourth-order valence-corrected chi connectivity index (χ4v) is 3.64. The Bertz CT molecular complexity index is 874. The van der Waals surface area contributed by atoms with Crippen LogP contribution in [0, 0.1) is 0 Å². The number of thiophene rings is 1. The second kappa shape index (κ2) is 8.92. The maximum atomic E-state index is 12.1. The molecular formula is C18H19N3O4S2. The molecule has 0 aliphatic heterocycles. The van der Waals surface area contributed by atoms with Crippen molar-refractivity contribution in [3.05, 3.63) is 40.6 Å². The minimum atomic E-state index is -0.0938. The van der Waals surface area contributed by atoms with Crippen LogP contribution in [0.3, 0.4) is 0 Å². The van der Waals surface area contributed by atoms with Gasteiger partial charge in [0.2, 0.25) is 11.8 Å². The first kappa shape index (κ1) is 19.2. The largest absolute Gasteiger partial charge is 0.497 e. The number of nitrogens with zero attached hydrogens (tertiary/aromatic N) is 2. The molecule has 27 heavy (non-hydrogen) atoms. The number of hydrogen-bond acceptors (Lipinski definition) is 8. The average Bonchev–Trinajstić information content (AvgIpc) is 3.37. The zero-order chi connectivity index (χ0) is 19.2. The Hall–Kier alpha value is -2.52. The lowest BCUT2D eigenvalue weighted by Crippen LogP contribution is -2.27. The summed E-state index contributed by atoms with van der Waals surface area (Å²) in [6.45, 7) is 1.95. The Morgan fingerprint density at radius 2 is 2.00 bits per heavy atom. The highest BCUT2D eigenvalue weighted by atomic mass is 32.2. The Morgan fingerprint density at radius 3 is 2.63 bits per heavy atom. The highest BCUT2D eigenvalue weighted by molar-refractivity contribution is 7.99. The molecule has 1 amide bonds. The fourth-order valence-electron chi connectivity index (χ4n) is 2.33. The summed E-state index contributed by atoms with van der Waals surface area (Å²) in [5.41, 5.74) is 0.682. The molecule has 1 aromatic carbocycles. The smallest absolute Gasteiger partial charge is 0.277 e. The number of methoxy groups -OCH3 is 2. The van der Waals surface area contributed by atoms with E-state index in [0.29, 0.717) is 28.2 Å². The molecule has 9 heteroatoms. The Morgan fingerprint density at radius 1 is 1.26 bits per heavy atom. The number of hydrogen-bond donors (Lipinski definition) is 1. The highest BCUT2D eigenvalue weighted by Crippen LogP contribution is 2.30. The van der Waals surface area contributed by atoms with E-state index in [1.54, 1.807) is 43.8 Å². The van der Waals surface area contributed by atoms with Crippen molar-refractivity contribution in [1.29, 1.82) is 0 Å². The SMILES string of the molecule is COc1cc(OC)cc(-c2nnc(SCC(=O)N[C@@H](C)c3cccs3)o2)c1. The Balaban J connectivity index is 1.60. The van der Waals surface area contributed by atoms with Crippen molar-refractivity contribution < 1.29 is 18.7 Å². The third-order valence-corrected chi connectivity index (χ3v) is 5.55. The number of carbonyl (C=O) groups excluding carboxylic acids is 1. The molecule has 1 N–H and O–H groups in total. The maximum Gasteiger partial charge on any atom is 0.277 e. The molecule has 0 saturated heterocycles. The summed E-state index contributed by atoms with van der Waals surface area (Å²) in [4.78, 5) is 13.2. The Labute approximate surface area is 165 Å². The first-order valence-electron chi connectivity index (χ1n) is 8.11. The lowest BCUT2D eigenvalue weighted by atomic mass is 10.2. The first-order valence-corrected chi connectivity index (χ1v) is 9.98. The van der Waals surface area contributed by atoms with E-state index >= 15 is 0 Å². The first-order chi connectivity index (χ1) is 13.1. The monoisotopic (exact) mass is 405 g/mol. The van der Waals surface area contributed by atoms with E-state index in [4.69, 9.17) is 13.9 Å². The van der Waals surface area contributed by atoms with E-state index in [1.807, 2.05) is 24.4 Å². The predicted octanol–water partition coefficient (Wildman–Crippen LogP) is 3.78. The molecule has 2 heterocycles. The lowest BCUT2D eigenvalue weighted by molar-refractivity contribution is -0.119. The van der Waals surface area contributed by atoms with Gasteiger partial charge in [-0.3, -0.25) is 4.79 Å². The second-order valence-corrected chi connectivity index (χ2v) is 7.47. The van der Waals surface area contributed by atoms with Crippen molar-refractivity contribution in [3.63, 3.8) is 0 Å². The van der Waals surface area contributed by atoms with Crippen LogP contribution in [0.4, 0.5) is 0 Å². The van der Waals surface area contributed by atoms with Crippen LogP contribution >= 0.6 is 23.1 Å². The van der Waals surface area contributed by atoms with Crippen LogP contribution < -0.4 is 14.8 Å².